The predicted molar refractivity (Wildman–Crippen MR) is 109 cm³/mol. The summed E-state index contributed by atoms with van der Waals surface area (Å²) < 4.78 is 32.8. The summed E-state index contributed by atoms with van der Waals surface area (Å²) in [6, 6.07) is 6.88. The van der Waals surface area contributed by atoms with Crippen molar-refractivity contribution in [2.75, 3.05) is 26.2 Å². The normalized spacial score (nSPS) is 26.2. The zero-order chi connectivity index (χ0) is 17.9. The van der Waals surface area contributed by atoms with Gasteiger partial charge in [0.15, 0.2) is 0 Å². The molecule has 3 atom stereocenters. The van der Waals surface area contributed by atoms with E-state index in [2.05, 4.69) is 15.4 Å². The van der Waals surface area contributed by atoms with E-state index in [1.807, 2.05) is 6.92 Å². The fourth-order valence-corrected chi connectivity index (χ4v) is 4.34. The monoisotopic (exact) mass is 441 g/mol. The van der Waals surface area contributed by atoms with Gasteiger partial charge in [0.1, 0.15) is 0 Å². The molecule has 0 amide bonds. The highest BCUT2D eigenvalue weighted by molar-refractivity contribution is 7.89. The summed E-state index contributed by atoms with van der Waals surface area (Å²) >= 11 is 0. The van der Waals surface area contributed by atoms with Crippen molar-refractivity contribution in [1.82, 2.24) is 15.4 Å². The Morgan fingerprint density at radius 2 is 1.81 bits per heavy atom. The largest absolute Gasteiger partial charge is 0.389 e. The summed E-state index contributed by atoms with van der Waals surface area (Å²) in [6.45, 7) is 4.30. The summed E-state index contributed by atoms with van der Waals surface area (Å²) in [5.41, 5.74) is 1.00. The predicted octanol–water partition coefficient (Wildman–Crippen LogP) is 0.587. The summed E-state index contributed by atoms with van der Waals surface area (Å²) in [6.07, 6.45) is 0.775. The molecule has 0 aromatic heterocycles. The lowest BCUT2D eigenvalue weighted by molar-refractivity contribution is 0.0439. The first-order valence-electron chi connectivity index (χ1n) is 8.78. The zero-order valence-corrected chi connectivity index (χ0v) is 17.7. The zero-order valence-electron chi connectivity index (χ0n) is 15.3. The van der Waals surface area contributed by atoms with Crippen LogP contribution in [-0.4, -0.2) is 64.1 Å². The van der Waals surface area contributed by atoms with E-state index in [0.717, 1.165) is 31.5 Å². The van der Waals surface area contributed by atoms with Crippen LogP contribution in [0.5, 0.6) is 0 Å². The Balaban J connectivity index is 0.00000182. The fraction of sp³-hybridized carbons (Fsp3) is 0.647. The molecular weight excluding hydrogens is 413 g/mol. The number of nitrogens with one attached hydrogen (secondary N) is 3. The van der Waals surface area contributed by atoms with Gasteiger partial charge >= 0.3 is 0 Å². The maximum atomic E-state index is 12.3. The van der Waals surface area contributed by atoms with Gasteiger partial charge in [0.2, 0.25) is 10.0 Å². The minimum Gasteiger partial charge on any atom is -0.389 e. The summed E-state index contributed by atoms with van der Waals surface area (Å²) in [5, 5.41) is 17.2. The molecule has 4 N–H and O–H groups in total. The molecule has 2 fully saturated rings. The maximum absolute atomic E-state index is 12.3. The minimum absolute atomic E-state index is 0. The van der Waals surface area contributed by atoms with Crippen LogP contribution in [0.1, 0.15) is 18.4 Å². The highest BCUT2D eigenvalue weighted by Crippen LogP contribution is 2.17. The number of hydrogen-bond donors (Lipinski definition) is 4. The van der Waals surface area contributed by atoms with Crippen LogP contribution in [-0.2, 0) is 14.8 Å². The standard InChI is InChI=1S/C17H27N3O4S.2ClH/c1-12-2-4-14(5-3-12)25(22,23)19-10-16-17(21)15(11-24-16)20-13-6-8-18-9-7-13;;/h2-5,13,15-21H,6-11H2,1H3;2*1H/t15-,16-,17+;;/m1../s1. The van der Waals surface area contributed by atoms with Crippen molar-refractivity contribution in [2.24, 2.45) is 0 Å². The van der Waals surface area contributed by atoms with E-state index in [1.165, 1.54) is 0 Å². The Morgan fingerprint density at radius 1 is 1.19 bits per heavy atom. The summed E-state index contributed by atoms with van der Waals surface area (Å²) in [7, 11) is -3.60. The first kappa shape index (κ1) is 24.6. The van der Waals surface area contributed by atoms with Gasteiger partial charge in [-0.2, -0.15) is 0 Å². The number of hydrogen-bond acceptors (Lipinski definition) is 6. The molecule has 27 heavy (non-hydrogen) atoms. The third-order valence-corrected chi connectivity index (χ3v) is 6.32. The Hall–Kier alpha value is -0.450. The number of aliphatic hydroxyl groups excluding tert-OH is 1. The van der Waals surface area contributed by atoms with Gasteiger partial charge in [0.05, 0.1) is 29.8 Å². The van der Waals surface area contributed by atoms with Gasteiger partial charge in [-0.05, 0) is 45.0 Å². The molecular formula is C17H29Cl2N3O4S. The molecule has 0 aliphatic carbocycles. The van der Waals surface area contributed by atoms with Gasteiger partial charge < -0.3 is 20.5 Å². The SMILES string of the molecule is Cc1ccc(S(=O)(=O)NC[C@H]2OC[C@@H](NC3CCNCC3)[C@@H]2O)cc1.Cl.Cl. The van der Waals surface area contributed by atoms with Crippen molar-refractivity contribution in [3.05, 3.63) is 29.8 Å². The molecule has 10 heteroatoms. The van der Waals surface area contributed by atoms with Crippen molar-refractivity contribution in [1.29, 1.82) is 0 Å². The second-order valence-electron chi connectivity index (χ2n) is 6.82. The van der Waals surface area contributed by atoms with Crippen LogP contribution in [0.4, 0.5) is 0 Å². The van der Waals surface area contributed by atoms with E-state index >= 15 is 0 Å². The molecule has 156 valence electrons. The van der Waals surface area contributed by atoms with E-state index < -0.39 is 22.2 Å². The van der Waals surface area contributed by atoms with Crippen molar-refractivity contribution in [2.45, 2.75) is 49.0 Å². The Labute approximate surface area is 173 Å². The van der Waals surface area contributed by atoms with E-state index in [9.17, 15) is 13.5 Å². The van der Waals surface area contributed by atoms with Gasteiger partial charge in [-0.25, -0.2) is 13.1 Å². The van der Waals surface area contributed by atoms with E-state index in [1.54, 1.807) is 24.3 Å². The van der Waals surface area contributed by atoms with E-state index in [0.29, 0.717) is 12.6 Å². The molecule has 2 aliphatic heterocycles. The van der Waals surface area contributed by atoms with Crippen LogP contribution < -0.4 is 15.4 Å². The highest BCUT2D eigenvalue weighted by atomic mass is 35.5. The van der Waals surface area contributed by atoms with Crippen molar-refractivity contribution in [3.8, 4) is 0 Å². The number of rotatable bonds is 6. The van der Waals surface area contributed by atoms with Crippen molar-refractivity contribution >= 4 is 34.8 Å². The fourth-order valence-electron chi connectivity index (χ4n) is 3.29. The molecule has 2 heterocycles. The Bertz CT molecular complexity index is 669. The molecule has 0 bridgehead atoms. The van der Waals surface area contributed by atoms with Gasteiger partial charge in [-0.3, -0.25) is 0 Å². The van der Waals surface area contributed by atoms with Crippen molar-refractivity contribution < 1.29 is 18.3 Å². The third kappa shape index (κ3) is 6.54. The average molecular weight is 442 g/mol. The van der Waals surface area contributed by atoms with Crippen LogP contribution in [0.3, 0.4) is 0 Å². The number of aliphatic hydroxyl groups is 1. The number of ether oxygens (including phenoxy) is 1. The lowest BCUT2D eigenvalue weighted by Gasteiger charge is -2.28. The molecule has 0 spiro atoms. The molecule has 3 rings (SSSR count). The molecule has 7 nitrogen and oxygen atoms in total. The molecule has 1 aromatic rings. The van der Waals surface area contributed by atoms with Gasteiger partial charge in [-0.1, -0.05) is 17.7 Å². The van der Waals surface area contributed by atoms with Crippen LogP contribution in [0.2, 0.25) is 0 Å². The van der Waals surface area contributed by atoms with Gasteiger partial charge in [0, 0.05) is 12.6 Å². The minimum atomic E-state index is -3.60. The number of halogens is 2. The van der Waals surface area contributed by atoms with E-state index in [4.69, 9.17) is 4.74 Å². The smallest absolute Gasteiger partial charge is 0.240 e. The molecule has 2 aliphatic rings. The van der Waals surface area contributed by atoms with Crippen LogP contribution in [0.25, 0.3) is 0 Å². The maximum Gasteiger partial charge on any atom is 0.240 e. The van der Waals surface area contributed by atoms with Crippen LogP contribution in [0.15, 0.2) is 29.2 Å². The van der Waals surface area contributed by atoms with Crippen LogP contribution in [0, 0.1) is 6.92 Å². The molecule has 2 saturated heterocycles. The Kier molecular flexibility index (Phi) is 9.95. The molecule has 0 unspecified atom stereocenters. The third-order valence-electron chi connectivity index (χ3n) is 4.88. The van der Waals surface area contributed by atoms with Crippen LogP contribution >= 0.6 is 24.8 Å². The number of aryl methyl sites for hydroxylation is 1. The quantitative estimate of drug-likeness (QED) is 0.515. The second-order valence-corrected chi connectivity index (χ2v) is 8.59. The summed E-state index contributed by atoms with van der Waals surface area (Å²) in [4.78, 5) is 0.218. The van der Waals surface area contributed by atoms with Gasteiger partial charge in [-0.15, -0.1) is 24.8 Å². The summed E-state index contributed by atoms with van der Waals surface area (Å²) in [5.74, 6) is 0. The lowest BCUT2D eigenvalue weighted by Crippen LogP contribution is -2.50. The first-order chi connectivity index (χ1) is 12.0. The number of sulfonamides is 1. The number of benzene rings is 1. The lowest BCUT2D eigenvalue weighted by atomic mass is 10.0. The topological polar surface area (TPSA) is 99.7 Å². The average Bonchev–Trinajstić information content (AvgIpc) is 2.95. The van der Waals surface area contributed by atoms with E-state index in [-0.39, 0.29) is 42.3 Å². The van der Waals surface area contributed by atoms with Crippen molar-refractivity contribution in [3.63, 3.8) is 0 Å². The highest BCUT2D eigenvalue weighted by Gasteiger charge is 2.37. The number of piperidine rings is 1. The van der Waals surface area contributed by atoms with Gasteiger partial charge in [0.25, 0.3) is 0 Å². The second kappa shape index (κ2) is 10.9. The first-order valence-corrected chi connectivity index (χ1v) is 10.3. The molecule has 1 aromatic carbocycles. The molecule has 0 saturated carbocycles. The molecule has 0 radical (unpaired) electrons. The Morgan fingerprint density at radius 3 is 2.44 bits per heavy atom.